The SMILES string of the molecule is CCCC1CCN(c2nc(C)c(CN)s2)CC1. The topological polar surface area (TPSA) is 42.2 Å². The fourth-order valence-electron chi connectivity index (χ4n) is 2.56. The van der Waals surface area contributed by atoms with E-state index in [1.807, 2.05) is 0 Å². The van der Waals surface area contributed by atoms with E-state index in [0.29, 0.717) is 6.54 Å². The summed E-state index contributed by atoms with van der Waals surface area (Å²) in [6, 6.07) is 0. The summed E-state index contributed by atoms with van der Waals surface area (Å²) in [7, 11) is 0. The Bertz CT molecular complexity index is 354. The van der Waals surface area contributed by atoms with E-state index in [4.69, 9.17) is 5.73 Å². The summed E-state index contributed by atoms with van der Waals surface area (Å²) >= 11 is 1.77. The third-order valence-corrected chi connectivity index (χ3v) is 4.89. The number of hydrogen-bond acceptors (Lipinski definition) is 4. The van der Waals surface area contributed by atoms with Gasteiger partial charge in [0.25, 0.3) is 0 Å². The molecular weight excluding hydrogens is 230 g/mol. The minimum Gasteiger partial charge on any atom is -0.348 e. The van der Waals surface area contributed by atoms with Gasteiger partial charge in [-0.3, -0.25) is 0 Å². The molecule has 0 radical (unpaired) electrons. The molecule has 1 aromatic heterocycles. The molecule has 1 fully saturated rings. The highest BCUT2D eigenvalue weighted by molar-refractivity contribution is 7.15. The molecule has 1 saturated heterocycles. The first kappa shape index (κ1) is 12.8. The fourth-order valence-corrected chi connectivity index (χ4v) is 3.55. The summed E-state index contributed by atoms with van der Waals surface area (Å²) in [5.74, 6) is 0.936. The first-order chi connectivity index (χ1) is 8.24. The van der Waals surface area contributed by atoms with Crippen molar-refractivity contribution >= 4 is 16.5 Å². The minimum atomic E-state index is 0.621. The summed E-state index contributed by atoms with van der Waals surface area (Å²) in [6.45, 7) is 7.30. The molecule has 2 rings (SSSR count). The molecule has 2 heterocycles. The third-order valence-electron chi connectivity index (χ3n) is 3.65. The number of thiazole rings is 1. The van der Waals surface area contributed by atoms with E-state index in [-0.39, 0.29) is 0 Å². The molecule has 4 heteroatoms. The smallest absolute Gasteiger partial charge is 0.185 e. The van der Waals surface area contributed by atoms with Gasteiger partial charge in [0.1, 0.15) is 0 Å². The molecule has 0 spiro atoms. The van der Waals surface area contributed by atoms with Gasteiger partial charge in [0, 0.05) is 24.5 Å². The number of aromatic nitrogens is 1. The zero-order valence-electron chi connectivity index (χ0n) is 10.9. The minimum absolute atomic E-state index is 0.621. The lowest BCUT2D eigenvalue weighted by atomic mass is 9.93. The van der Waals surface area contributed by atoms with Crippen molar-refractivity contribution in [1.29, 1.82) is 0 Å². The molecule has 1 aliphatic rings. The van der Waals surface area contributed by atoms with Crippen LogP contribution in [0.3, 0.4) is 0 Å². The van der Waals surface area contributed by atoms with E-state index in [2.05, 4.69) is 23.7 Å². The Balaban J connectivity index is 1.95. The lowest BCUT2D eigenvalue weighted by molar-refractivity contribution is 0.378. The largest absolute Gasteiger partial charge is 0.348 e. The van der Waals surface area contributed by atoms with E-state index >= 15 is 0 Å². The summed E-state index contributed by atoms with van der Waals surface area (Å²) < 4.78 is 0. The molecule has 0 aliphatic carbocycles. The van der Waals surface area contributed by atoms with Crippen molar-refractivity contribution in [2.75, 3.05) is 18.0 Å². The Labute approximate surface area is 108 Å². The summed E-state index contributed by atoms with van der Waals surface area (Å²) in [6.07, 6.45) is 5.35. The third kappa shape index (κ3) is 2.99. The number of hydrogen-bond donors (Lipinski definition) is 1. The molecule has 0 amide bonds. The van der Waals surface area contributed by atoms with Gasteiger partial charge < -0.3 is 10.6 Å². The summed E-state index contributed by atoms with van der Waals surface area (Å²) in [5.41, 5.74) is 6.82. The Kier molecular flexibility index (Phi) is 4.40. The molecule has 96 valence electrons. The highest BCUT2D eigenvalue weighted by Gasteiger charge is 2.21. The summed E-state index contributed by atoms with van der Waals surface area (Å²) in [4.78, 5) is 8.31. The second kappa shape index (κ2) is 5.83. The number of nitrogens with zero attached hydrogens (tertiary/aromatic N) is 2. The second-order valence-electron chi connectivity index (χ2n) is 4.93. The molecule has 17 heavy (non-hydrogen) atoms. The number of piperidine rings is 1. The van der Waals surface area contributed by atoms with Gasteiger partial charge in [0.2, 0.25) is 0 Å². The molecule has 1 aromatic rings. The van der Waals surface area contributed by atoms with E-state index in [9.17, 15) is 0 Å². The Morgan fingerprint density at radius 2 is 2.12 bits per heavy atom. The van der Waals surface area contributed by atoms with Crippen LogP contribution in [0.15, 0.2) is 0 Å². The summed E-state index contributed by atoms with van der Waals surface area (Å²) in [5, 5.41) is 1.18. The average molecular weight is 253 g/mol. The van der Waals surface area contributed by atoms with Gasteiger partial charge in [-0.15, -0.1) is 11.3 Å². The standard InChI is InChI=1S/C13H23N3S/c1-3-4-11-5-7-16(8-6-11)13-15-10(2)12(9-14)17-13/h11H,3-9,14H2,1-2H3. The van der Waals surface area contributed by atoms with Crippen LogP contribution in [0.1, 0.15) is 43.2 Å². The number of aryl methyl sites for hydroxylation is 1. The quantitative estimate of drug-likeness (QED) is 0.897. The average Bonchev–Trinajstić information content (AvgIpc) is 2.72. The van der Waals surface area contributed by atoms with Crippen LogP contribution in [0.4, 0.5) is 5.13 Å². The van der Waals surface area contributed by atoms with Crippen molar-refractivity contribution in [2.45, 2.75) is 46.1 Å². The number of rotatable bonds is 4. The maximum atomic E-state index is 5.71. The molecule has 1 aliphatic heterocycles. The number of nitrogens with two attached hydrogens (primary N) is 1. The lowest BCUT2D eigenvalue weighted by Gasteiger charge is -2.31. The molecule has 0 atom stereocenters. The van der Waals surface area contributed by atoms with Crippen molar-refractivity contribution in [3.63, 3.8) is 0 Å². The Morgan fingerprint density at radius 1 is 1.41 bits per heavy atom. The number of anilines is 1. The van der Waals surface area contributed by atoms with Crippen LogP contribution in [0.5, 0.6) is 0 Å². The van der Waals surface area contributed by atoms with E-state index in [1.165, 1.54) is 48.8 Å². The van der Waals surface area contributed by atoms with Gasteiger partial charge >= 0.3 is 0 Å². The van der Waals surface area contributed by atoms with Crippen LogP contribution in [0, 0.1) is 12.8 Å². The van der Waals surface area contributed by atoms with Crippen molar-refractivity contribution in [2.24, 2.45) is 11.7 Å². The maximum absolute atomic E-state index is 5.71. The van der Waals surface area contributed by atoms with E-state index in [1.54, 1.807) is 11.3 Å². The molecule has 0 saturated carbocycles. The van der Waals surface area contributed by atoms with Gasteiger partial charge in [-0.2, -0.15) is 0 Å². The van der Waals surface area contributed by atoms with Crippen LogP contribution in [-0.4, -0.2) is 18.1 Å². The molecular formula is C13H23N3S. The van der Waals surface area contributed by atoms with Crippen LogP contribution in [0.25, 0.3) is 0 Å². The predicted molar refractivity (Wildman–Crippen MR) is 74.6 cm³/mol. The molecule has 0 unspecified atom stereocenters. The van der Waals surface area contributed by atoms with Crippen LogP contribution in [-0.2, 0) is 6.54 Å². The molecule has 3 nitrogen and oxygen atoms in total. The van der Waals surface area contributed by atoms with Crippen LogP contribution < -0.4 is 10.6 Å². The normalized spacial score (nSPS) is 17.7. The van der Waals surface area contributed by atoms with E-state index in [0.717, 1.165) is 11.6 Å². The predicted octanol–water partition coefficient (Wildman–Crippen LogP) is 2.93. The zero-order chi connectivity index (χ0) is 12.3. The fraction of sp³-hybridized carbons (Fsp3) is 0.769. The van der Waals surface area contributed by atoms with Crippen LogP contribution >= 0.6 is 11.3 Å². The van der Waals surface area contributed by atoms with Gasteiger partial charge in [0.05, 0.1) is 5.69 Å². The first-order valence-corrected chi connectivity index (χ1v) is 7.47. The van der Waals surface area contributed by atoms with Gasteiger partial charge in [-0.25, -0.2) is 4.98 Å². The monoisotopic (exact) mass is 253 g/mol. The van der Waals surface area contributed by atoms with E-state index < -0.39 is 0 Å². The zero-order valence-corrected chi connectivity index (χ0v) is 11.7. The highest BCUT2D eigenvalue weighted by atomic mass is 32.1. The molecule has 0 aromatic carbocycles. The molecule has 2 N–H and O–H groups in total. The van der Waals surface area contributed by atoms with Crippen LogP contribution in [0.2, 0.25) is 0 Å². The first-order valence-electron chi connectivity index (χ1n) is 6.66. The lowest BCUT2D eigenvalue weighted by Crippen LogP contribution is -2.33. The van der Waals surface area contributed by atoms with Crippen molar-refractivity contribution in [3.8, 4) is 0 Å². The Morgan fingerprint density at radius 3 is 2.65 bits per heavy atom. The van der Waals surface area contributed by atoms with Gasteiger partial charge in [0.15, 0.2) is 5.13 Å². The van der Waals surface area contributed by atoms with Crippen molar-refractivity contribution in [1.82, 2.24) is 4.98 Å². The van der Waals surface area contributed by atoms with Crippen molar-refractivity contribution in [3.05, 3.63) is 10.6 Å². The molecule has 0 bridgehead atoms. The Hall–Kier alpha value is -0.610. The maximum Gasteiger partial charge on any atom is 0.185 e. The second-order valence-corrected chi connectivity index (χ2v) is 5.99. The van der Waals surface area contributed by atoms with Crippen molar-refractivity contribution < 1.29 is 0 Å². The highest BCUT2D eigenvalue weighted by Crippen LogP contribution is 2.30. The van der Waals surface area contributed by atoms with Gasteiger partial charge in [-0.1, -0.05) is 19.8 Å². The van der Waals surface area contributed by atoms with Gasteiger partial charge in [-0.05, 0) is 25.7 Å².